The summed E-state index contributed by atoms with van der Waals surface area (Å²) in [5.74, 6) is 0.547. The van der Waals surface area contributed by atoms with E-state index in [4.69, 9.17) is 16.5 Å². The van der Waals surface area contributed by atoms with Gasteiger partial charge in [-0.1, -0.05) is 115 Å². The smallest absolute Gasteiger partial charge is 0.211 e. The predicted octanol–water partition coefficient (Wildman–Crippen LogP) is 12.1. The van der Waals surface area contributed by atoms with E-state index in [2.05, 4.69) is 98.9 Å². The summed E-state index contributed by atoms with van der Waals surface area (Å²) < 4.78 is 4.43. The van der Waals surface area contributed by atoms with Crippen LogP contribution in [-0.2, 0) is 0 Å². The van der Waals surface area contributed by atoms with Crippen molar-refractivity contribution in [1.29, 1.82) is 5.26 Å². The third-order valence-electron chi connectivity index (χ3n) is 10.2. The molecule has 6 heteroatoms. The fraction of sp³-hybridized carbons (Fsp3) is 0. The van der Waals surface area contributed by atoms with E-state index in [1.165, 1.54) is 10.8 Å². The zero-order valence-corrected chi connectivity index (χ0v) is 28.8. The molecule has 6 nitrogen and oxygen atoms in total. The van der Waals surface area contributed by atoms with E-state index in [9.17, 15) is 5.26 Å². The number of rotatable bonds is 5. The summed E-state index contributed by atoms with van der Waals surface area (Å²) >= 11 is 0. The van der Waals surface area contributed by atoms with E-state index in [-0.39, 0.29) is 0 Å². The fourth-order valence-electron chi connectivity index (χ4n) is 7.77. The van der Waals surface area contributed by atoms with Crippen LogP contribution in [0.1, 0.15) is 5.56 Å². The van der Waals surface area contributed by atoms with Crippen molar-refractivity contribution >= 4 is 49.3 Å². The highest BCUT2D eigenvalue weighted by Gasteiger charge is 2.21. The van der Waals surface area contributed by atoms with Crippen LogP contribution in [0.2, 0.25) is 0 Å². The average Bonchev–Trinajstić information content (AvgIpc) is 3.76. The Morgan fingerprint density at radius 1 is 0.500 bits per heavy atom. The second-order valence-electron chi connectivity index (χ2n) is 13.2. The number of para-hydroxylation sites is 3. The van der Waals surface area contributed by atoms with Gasteiger partial charge in [0.1, 0.15) is 0 Å². The molecule has 0 radical (unpaired) electrons. The van der Waals surface area contributed by atoms with Gasteiger partial charge >= 0.3 is 0 Å². The van der Waals surface area contributed by atoms with Gasteiger partial charge in [0.2, 0.25) is 5.69 Å². The SMILES string of the molecule is [C-]#[N+]c1cc(-c2cc(-c3ccccc3)nc(-c3ccccc3)n2)c(C#N)cc1-n1c2ccccc2c2cc(-n3c4ccccc4c4ccccc43)ccc21. The Morgan fingerprint density at radius 3 is 1.67 bits per heavy atom. The standard InChI is InChI=1S/C48H28N6/c1-50-42-28-38(41-29-40(31-14-4-2-5-15-31)51-48(52-41)32-16-6-3-7-17-32)33(30-49)26-47(42)54-45-23-13-10-20-37(45)39-27-34(24-25-46(39)54)53-43-21-11-8-18-35(43)36-19-9-12-22-44(36)53/h2-29H. The molecule has 7 aromatic carbocycles. The molecular weight excluding hydrogens is 661 g/mol. The molecule has 0 saturated carbocycles. The average molecular weight is 689 g/mol. The summed E-state index contributed by atoms with van der Waals surface area (Å²) in [6.07, 6.45) is 0. The van der Waals surface area contributed by atoms with Gasteiger partial charge in [-0.15, -0.1) is 0 Å². The number of benzene rings is 7. The van der Waals surface area contributed by atoms with Crippen LogP contribution in [0.25, 0.3) is 93.7 Å². The van der Waals surface area contributed by atoms with Crippen LogP contribution in [0.3, 0.4) is 0 Å². The van der Waals surface area contributed by atoms with Crippen molar-refractivity contribution in [3.63, 3.8) is 0 Å². The molecule has 3 aromatic heterocycles. The van der Waals surface area contributed by atoms with Gasteiger partial charge in [0, 0.05) is 43.9 Å². The molecule has 0 atom stereocenters. The zero-order valence-electron chi connectivity index (χ0n) is 28.8. The molecular formula is C48H28N6. The third kappa shape index (κ3) is 4.87. The molecule has 0 aliphatic rings. The van der Waals surface area contributed by atoms with Crippen molar-refractivity contribution in [3.8, 4) is 51.3 Å². The van der Waals surface area contributed by atoms with Gasteiger partial charge < -0.3 is 9.13 Å². The molecule has 0 unspecified atom stereocenters. The van der Waals surface area contributed by atoms with Gasteiger partial charge in [-0.3, -0.25) is 0 Å². The maximum Gasteiger partial charge on any atom is 0.211 e. The quantitative estimate of drug-likeness (QED) is 0.169. The molecule has 0 bridgehead atoms. The molecule has 0 spiro atoms. The molecule has 54 heavy (non-hydrogen) atoms. The van der Waals surface area contributed by atoms with Gasteiger partial charge in [-0.2, -0.15) is 5.26 Å². The fourth-order valence-corrected chi connectivity index (χ4v) is 7.77. The lowest BCUT2D eigenvalue weighted by molar-refractivity contribution is 1.16. The lowest BCUT2D eigenvalue weighted by Gasteiger charge is -2.15. The largest absolute Gasteiger partial charge is 0.319 e. The Balaban J connectivity index is 1.19. The first kappa shape index (κ1) is 31.0. The lowest BCUT2D eigenvalue weighted by atomic mass is 10.0. The first-order valence-electron chi connectivity index (χ1n) is 17.7. The van der Waals surface area contributed by atoms with Crippen molar-refractivity contribution in [1.82, 2.24) is 19.1 Å². The first-order chi connectivity index (χ1) is 26.7. The zero-order chi connectivity index (χ0) is 36.2. The van der Waals surface area contributed by atoms with Crippen LogP contribution in [0.5, 0.6) is 0 Å². The Morgan fingerprint density at radius 2 is 1.04 bits per heavy atom. The molecule has 0 aliphatic carbocycles. The summed E-state index contributed by atoms with van der Waals surface area (Å²) in [6.45, 7) is 8.42. The molecule has 0 saturated heterocycles. The third-order valence-corrected chi connectivity index (χ3v) is 10.2. The number of fused-ring (bicyclic) bond motifs is 6. The summed E-state index contributed by atoms with van der Waals surface area (Å²) in [5, 5.41) is 15.2. The van der Waals surface area contributed by atoms with Crippen molar-refractivity contribution in [2.24, 2.45) is 0 Å². The first-order valence-corrected chi connectivity index (χ1v) is 17.7. The number of nitrogens with zero attached hydrogens (tertiary/aromatic N) is 6. The Kier molecular flexibility index (Phi) is 7.15. The second-order valence-corrected chi connectivity index (χ2v) is 13.2. The van der Waals surface area contributed by atoms with E-state index >= 15 is 0 Å². The van der Waals surface area contributed by atoms with Gasteiger partial charge in [0.05, 0.1) is 57.3 Å². The van der Waals surface area contributed by atoms with Gasteiger partial charge in [-0.25, -0.2) is 14.8 Å². The Labute approximate surface area is 310 Å². The highest BCUT2D eigenvalue weighted by Crippen LogP contribution is 2.41. The molecule has 0 N–H and O–H groups in total. The number of hydrogen-bond donors (Lipinski definition) is 0. The molecule has 10 rings (SSSR count). The van der Waals surface area contributed by atoms with Crippen LogP contribution in [-0.4, -0.2) is 19.1 Å². The van der Waals surface area contributed by atoms with Gasteiger partial charge in [-0.05, 0) is 54.6 Å². The number of hydrogen-bond acceptors (Lipinski definition) is 3. The molecule has 250 valence electrons. The normalized spacial score (nSPS) is 11.3. The maximum atomic E-state index is 10.7. The summed E-state index contributed by atoms with van der Waals surface area (Å²) in [7, 11) is 0. The van der Waals surface area contributed by atoms with Crippen LogP contribution in [0, 0.1) is 17.9 Å². The summed E-state index contributed by atoms with van der Waals surface area (Å²) in [6, 6.07) is 59.5. The van der Waals surface area contributed by atoms with Crippen molar-refractivity contribution in [2.45, 2.75) is 0 Å². The van der Waals surface area contributed by atoms with E-state index in [1.54, 1.807) is 6.07 Å². The van der Waals surface area contributed by atoms with E-state index in [0.717, 1.165) is 55.3 Å². The summed E-state index contributed by atoms with van der Waals surface area (Å²) in [5.41, 5.74) is 10.4. The van der Waals surface area contributed by atoms with Gasteiger partial charge in [0.25, 0.3) is 0 Å². The van der Waals surface area contributed by atoms with Crippen molar-refractivity contribution < 1.29 is 0 Å². The molecule has 0 fully saturated rings. The van der Waals surface area contributed by atoms with Crippen LogP contribution in [0.15, 0.2) is 170 Å². The maximum absolute atomic E-state index is 10.7. The van der Waals surface area contributed by atoms with Crippen molar-refractivity contribution in [3.05, 3.63) is 187 Å². The highest BCUT2D eigenvalue weighted by atomic mass is 15.0. The van der Waals surface area contributed by atoms with E-state index < -0.39 is 0 Å². The topological polar surface area (TPSA) is 63.8 Å². The van der Waals surface area contributed by atoms with E-state index in [0.29, 0.717) is 34.0 Å². The summed E-state index contributed by atoms with van der Waals surface area (Å²) in [4.78, 5) is 14.0. The highest BCUT2D eigenvalue weighted by molar-refractivity contribution is 6.12. The lowest BCUT2D eigenvalue weighted by Crippen LogP contribution is -2.00. The minimum absolute atomic E-state index is 0.416. The minimum Gasteiger partial charge on any atom is -0.319 e. The Bertz CT molecular complexity index is 3070. The van der Waals surface area contributed by atoms with Crippen LogP contribution >= 0.6 is 0 Å². The molecule has 0 aliphatic heterocycles. The minimum atomic E-state index is 0.416. The van der Waals surface area contributed by atoms with E-state index in [1.807, 2.05) is 84.9 Å². The van der Waals surface area contributed by atoms with Crippen molar-refractivity contribution in [2.75, 3.05) is 0 Å². The molecule has 0 amide bonds. The number of aromatic nitrogens is 4. The predicted molar refractivity (Wildman–Crippen MR) is 218 cm³/mol. The second kappa shape index (κ2) is 12.5. The Hall–Kier alpha value is -7.80. The van der Waals surface area contributed by atoms with Crippen LogP contribution in [0.4, 0.5) is 5.69 Å². The molecule has 3 heterocycles. The monoisotopic (exact) mass is 688 g/mol. The molecule has 10 aromatic rings. The van der Waals surface area contributed by atoms with Crippen LogP contribution < -0.4 is 0 Å². The number of nitriles is 1. The van der Waals surface area contributed by atoms with Gasteiger partial charge in [0.15, 0.2) is 5.82 Å².